The van der Waals surface area contributed by atoms with E-state index in [-0.39, 0.29) is 33.2 Å². The SMILES string of the molecule is CC.CC.CC.CC(C)CC(C)(C)CC(C)(C)CC(=O)NCC(C)(C)CC(C)(C)COC(C)(C)C. The summed E-state index contributed by atoms with van der Waals surface area (Å²) in [5.74, 6) is 0.855. The van der Waals surface area contributed by atoms with Crippen LogP contribution in [0.4, 0.5) is 0 Å². The van der Waals surface area contributed by atoms with Crippen molar-refractivity contribution in [1.82, 2.24) is 5.32 Å². The molecular formula is C32H71NO2. The minimum atomic E-state index is -0.120. The molecule has 0 atom stereocenters. The van der Waals surface area contributed by atoms with Gasteiger partial charge in [0, 0.05) is 13.0 Å². The van der Waals surface area contributed by atoms with Crippen molar-refractivity contribution in [3.63, 3.8) is 0 Å². The lowest BCUT2D eigenvalue weighted by Gasteiger charge is -2.38. The Morgan fingerprint density at radius 1 is 0.657 bits per heavy atom. The van der Waals surface area contributed by atoms with Gasteiger partial charge in [0.25, 0.3) is 0 Å². The molecule has 0 aromatic carbocycles. The van der Waals surface area contributed by atoms with Crippen molar-refractivity contribution < 1.29 is 9.53 Å². The summed E-state index contributed by atoms with van der Waals surface area (Å²) in [6, 6.07) is 0. The Bertz CT molecular complexity index is 508. The van der Waals surface area contributed by atoms with E-state index < -0.39 is 0 Å². The summed E-state index contributed by atoms with van der Waals surface area (Å²) in [4.78, 5) is 12.7. The van der Waals surface area contributed by atoms with E-state index >= 15 is 0 Å². The third kappa shape index (κ3) is 27.9. The van der Waals surface area contributed by atoms with E-state index in [1.807, 2.05) is 41.5 Å². The first-order valence-corrected chi connectivity index (χ1v) is 14.5. The van der Waals surface area contributed by atoms with Gasteiger partial charge in [-0.25, -0.2) is 0 Å². The van der Waals surface area contributed by atoms with Crippen LogP contribution in [0.1, 0.15) is 157 Å². The Morgan fingerprint density at radius 2 is 1.06 bits per heavy atom. The zero-order valence-corrected chi connectivity index (χ0v) is 28.1. The van der Waals surface area contributed by atoms with Gasteiger partial charge in [0.1, 0.15) is 0 Å². The highest BCUT2D eigenvalue weighted by molar-refractivity contribution is 5.76. The Morgan fingerprint density at radius 3 is 1.43 bits per heavy atom. The summed E-state index contributed by atoms with van der Waals surface area (Å²) in [7, 11) is 0. The van der Waals surface area contributed by atoms with Gasteiger partial charge in [-0.15, -0.1) is 0 Å². The lowest BCUT2D eigenvalue weighted by Crippen LogP contribution is -2.40. The molecule has 0 radical (unpaired) electrons. The van der Waals surface area contributed by atoms with Crippen LogP contribution in [0.15, 0.2) is 0 Å². The molecule has 0 aromatic heterocycles. The van der Waals surface area contributed by atoms with Gasteiger partial charge in [0.2, 0.25) is 5.91 Å². The van der Waals surface area contributed by atoms with Crippen LogP contribution >= 0.6 is 0 Å². The fourth-order valence-electron chi connectivity index (χ4n) is 5.19. The molecule has 216 valence electrons. The van der Waals surface area contributed by atoms with E-state index in [0.29, 0.717) is 18.9 Å². The summed E-state index contributed by atoms with van der Waals surface area (Å²) < 4.78 is 6.02. The first-order valence-electron chi connectivity index (χ1n) is 14.5. The number of ether oxygens (including phenoxy) is 1. The van der Waals surface area contributed by atoms with Crippen molar-refractivity contribution in [2.75, 3.05) is 13.2 Å². The van der Waals surface area contributed by atoms with Gasteiger partial charge in [0.05, 0.1) is 12.2 Å². The Labute approximate surface area is 224 Å². The van der Waals surface area contributed by atoms with Crippen molar-refractivity contribution in [2.24, 2.45) is 27.6 Å². The monoisotopic (exact) mass is 502 g/mol. The van der Waals surface area contributed by atoms with Gasteiger partial charge in [-0.3, -0.25) is 4.79 Å². The summed E-state index contributed by atoms with van der Waals surface area (Å²) in [6.45, 7) is 42.4. The topological polar surface area (TPSA) is 38.3 Å². The third-order valence-corrected chi connectivity index (χ3v) is 5.17. The molecule has 35 heavy (non-hydrogen) atoms. The Kier molecular flexibility index (Phi) is 22.1. The largest absolute Gasteiger partial charge is 0.375 e. The second-order valence-corrected chi connectivity index (χ2v) is 14.0. The minimum absolute atomic E-state index is 0.00638. The van der Waals surface area contributed by atoms with E-state index in [1.165, 1.54) is 6.42 Å². The van der Waals surface area contributed by atoms with Crippen molar-refractivity contribution in [3.05, 3.63) is 0 Å². The highest BCUT2D eigenvalue weighted by Crippen LogP contribution is 2.40. The van der Waals surface area contributed by atoms with Crippen LogP contribution in [-0.4, -0.2) is 24.7 Å². The summed E-state index contributed by atoms with van der Waals surface area (Å²) >= 11 is 0. The second-order valence-electron chi connectivity index (χ2n) is 14.0. The maximum absolute atomic E-state index is 12.7. The van der Waals surface area contributed by atoms with Crippen molar-refractivity contribution in [2.45, 2.75) is 163 Å². The molecule has 0 spiro atoms. The first-order chi connectivity index (χ1) is 15.6. The highest BCUT2D eigenvalue weighted by atomic mass is 16.5. The van der Waals surface area contributed by atoms with Gasteiger partial charge < -0.3 is 10.1 Å². The number of hydrogen-bond acceptors (Lipinski definition) is 2. The molecule has 0 unspecified atom stereocenters. The lowest BCUT2D eigenvalue weighted by atomic mass is 9.70. The Hall–Kier alpha value is -0.570. The van der Waals surface area contributed by atoms with E-state index in [1.54, 1.807) is 0 Å². The van der Waals surface area contributed by atoms with E-state index in [4.69, 9.17) is 4.74 Å². The summed E-state index contributed by atoms with van der Waals surface area (Å²) in [5, 5.41) is 3.22. The first kappa shape index (κ1) is 41.6. The zero-order valence-electron chi connectivity index (χ0n) is 28.1. The number of amides is 1. The van der Waals surface area contributed by atoms with Crippen molar-refractivity contribution in [3.8, 4) is 0 Å². The third-order valence-electron chi connectivity index (χ3n) is 5.17. The number of carbonyl (C=O) groups excluding carboxylic acids is 1. The van der Waals surface area contributed by atoms with Gasteiger partial charge in [-0.1, -0.05) is 111 Å². The van der Waals surface area contributed by atoms with Crippen molar-refractivity contribution >= 4 is 5.91 Å². The van der Waals surface area contributed by atoms with Crippen LogP contribution in [0.3, 0.4) is 0 Å². The molecule has 3 nitrogen and oxygen atoms in total. The highest BCUT2D eigenvalue weighted by Gasteiger charge is 2.33. The molecule has 0 saturated heterocycles. The molecule has 3 heteroatoms. The van der Waals surface area contributed by atoms with E-state index in [9.17, 15) is 4.79 Å². The van der Waals surface area contributed by atoms with Gasteiger partial charge >= 0.3 is 0 Å². The average molecular weight is 502 g/mol. The molecule has 0 heterocycles. The number of hydrogen-bond donors (Lipinski definition) is 1. The molecule has 0 saturated carbocycles. The van der Waals surface area contributed by atoms with Crippen LogP contribution in [0.25, 0.3) is 0 Å². The van der Waals surface area contributed by atoms with Crippen LogP contribution in [0.2, 0.25) is 0 Å². The Balaban J connectivity index is -0.000000737. The van der Waals surface area contributed by atoms with Crippen LogP contribution in [0, 0.1) is 27.6 Å². The molecule has 0 aliphatic rings. The molecule has 0 rings (SSSR count). The quantitative estimate of drug-likeness (QED) is 0.289. The van der Waals surface area contributed by atoms with E-state index in [0.717, 1.165) is 19.4 Å². The fourth-order valence-corrected chi connectivity index (χ4v) is 5.19. The van der Waals surface area contributed by atoms with Crippen LogP contribution in [0.5, 0.6) is 0 Å². The van der Waals surface area contributed by atoms with E-state index in [2.05, 4.69) is 95.3 Å². The maximum Gasteiger partial charge on any atom is 0.220 e. The maximum atomic E-state index is 12.7. The molecule has 0 bridgehead atoms. The normalized spacial score (nSPS) is 12.5. The molecule has 1 amide bonds. The van der Waals surface area contributed by atoms with Crippen LogP contribution < -0.4 is 5.32 Å². The molecular weight excluding hydrogens is 430 g/mol. The predicted octanol–water partition coefficient (Wildman–Crippen LogP) is 10.3. The molecule has 1 N–H and O–H groups in total. The average Bonchev–Trinajstić information content (AvgIpc) is 2.66. The summed E-state index contributed by atoms with van der Waals surface area (Å²) in [5.41, 5.74) is 0.244. The molecule has 0 aliphatic carbocycles. The number of carbonyl (C=O) groups is 1. The summed E-state index contributed by atoms with van der Waals surface area (Å²) in [6.07, 6.45) is 3.84. The predicted molar refractivity (Wildman–Crippen MR) is 161 cm³/mol. The van der Waals surface area contributed by atoms with Gasteiger partial charge in [-0.2, -0.15) is 0 Å². The molecule has 0 aromatic rings. The van der Waals surface area contributed by atoms with Gasteiger partial charge in [0.15, 0.2) is 0 Å². The fraction of sp³-hybridized carbons (Fsp3) is 0.969. The lowest BCUT2D eigenvalue weighted by molar-refractivity contribution is -0.124. The zero-order chi connectivity index (χ0) is 29.3. The van der Waals surface area contributed by atoms with Crippen LogP contribution in [-0.2, 0) is 9.53 Å². The van der Waals surface area contributed by atoms with Crippen molar-refractivity contribution in [1.29, 1.82) is 0 Å². The van der Waals surface area contributed by atoms with Gasteiger partial charge in [-0.05, 0) is 67.6 Å². The number of rotatable bonds is 12. The smallest absolute Gasteiger partial charge is 0.220 e. The molecule has 0 fully saturated rings. The standard InChI is InChI=1S/C26H53NO2.3C2H6/c1-20(2)14-23(6,7)16-24(8,9)15-21(28)27-18-25(10,11)17-26(12,13)19-29-22(3,4)5;3*1-2/h20H,14-19H2,1-13H3,(H,27,28);3*1-2H3. The second kappa shape index (κ2) is 18.6. The molecule has 0 aliphatic heterocycles. The number of nitrogens with one attached hydrogen (secondary N) is 1. The minimum Gasteiger partial charge on any atom is -0.375 e.